The number of ether oxygens (including phenoxy) is 1. The van der Waals surface area contributed by atoms with Gasteiger partial charge in [-0.3, -0.25) is 14.5 Å². The minimum absolute atomic E-state index is 0.0980. The van der Waals surface area contributed by atoms with Crippen LogP contribution >= 0.6 is 0 Å². The van der Waals surface area contributed by atoms with Crippen molar-refractivity contribution in [2.45, 2.75) is 12.5 Å². The zero-order valence-electron chi connectivity index (χ0n) is 7.87. The first-order valence-electron chi connectivity index (χ1n) is 4.20. The maximum absolute atomic E-state index is 11.3. The number of piperazine rings is 1. The van der Waals surface area contributed by atoms with E-state index in [4.69, 9.17) is 0 Å². The average Bonchev–Trinajstić information content (AvgIpc) is 2.11. The number of rotatable bonds is 2. The van der Waals surface area contributed by atoms with Gasteiger partial charge < -0.3 is 10.1 Å². The Balaban J connectivity index is 2.53. The smallest absolute Gasteiger partial charge is 0.307 e. The number of hydrogen-bond acceptors (Lipinski definition) is 4. The summed E-state index contributed by atoms with van der Waals surface area (Å²) in [5.74, 6) is -0.451. The summed E-state index contributed by atoms with van der Waals surface area (Å²) in [6, 6.07) is -0.374. The van der Waals surface area contributed by atoms with Gasteiger partial charge in [0, 0.05) is 13.1 Å². The summed E-state index contributed by atoms with van der Waals surface area (Å²) in [6.07, 6.45) is 0.124. The molecule has 1 amide bonds. The highest BCUT2D eigenvalue weighted by molar-refractivity contribution is 5.87. The molecule has 0 aliphatic carbocycles. The molecule has 0 aromatic heterocycles. The van der Waals surface area contributed by atoms with Crippen LogP contribution in [0.5, 0.6) is 0 Å². The fourth-order valence-corrected chi connectivity index (χ4v) is 1.32. The number of amides is 1. The summed E-state index contributed by atoms with van der Waals surface area (Å²) in [7, 11) is 3.15. The maximum Gasteiger partial charge on any atom is 0.307 e. The van der Waals surface area contributed by atoms with E-state index in [1.165, 1.54) is 7.11 Å². The van der Waals surface area contributed by atoms with Crippen LogP contribution in [-0.2, 0) is 14.3 Å². The zero-order valence-corrected chi connectivity index (χ0v) is 7.87. The molecular formula is C8H14N2O3. The molecule has 1 saturated heterocycles. The largest absolute Gasteiger partial charge is 0.469 e. The lowest BCUT2D eigenvalue weighted by Gasteiger charge is -2.30. The molecule has 0 saturated carbocycles. The van der Waals surface area contributed by atoms with E-state index >= 15 is 0 Å². The SMILES string of the molecule is COC(=O)C[C@@H]1C(=O)NCCN1C. The zero-order chi connectivity index (χ0) is 9.84. The van der Waals surface area contributed by atoms with E-state index in [2.05, 4.69) is 10.1 Å². The van der Waals surface area contributed by atoms with Crippen LogP contribution in [0.1, 0.15) is 6.42 Å². The number of hydrogen-bond donors (Lipinski definition) is 1. The Hall–Kier alpha value is -1.10. The Labute approximate surface area is 77.0 Å². The van der Waals surface area contributed by atoms with Crippen molar-refractivity contribution < 1.29 is 14.3 Å². The standard InChI is InChI=1S/C8H14N2O3/c1-10-4-3-9-8(12)6(10)5-7(11)13-2/h6H,3-5H2,1-2H3,(H,9,12)/t6-/m1/s1. The van der Waals surface area contributed by atoms with Crippen LogP contribution in [0.3, 0.4) is 0 Å². The van der Waals surface area contributed by atoms with Crippen molar-refractivity contribution in [1.82, 2.24) is 10.2 Å². The van der Waals surface area contributed by atoms with Gasteiger partial charge in [-0.2, -0.15) is 0 Å². The van der Waals surface area contributed by atoms with Crippen molar-refractivity contribution in [2.75, 3.05) is 27.2 Å². The molecule has 5 nitrogen and oxygen atoms in total. The Bertz CT molecular complexity index is 217. The van der Waals surface area contributed by atoms with Crippen LogP contribution in [0.25, 0.3) is 0 Å². The second kappa shape index (κ2) is 4.23. The molecular weight excluding hydrogens is 172 g/mol. The van der Waals surface area contributed by atoms with Gasteiger partial charge in [-0.25, -0.2) is 0 Å². The highest BCUT2D eigenvalue weighted by atomic mass is 16.5. The Morgan fingerprint density at radius 3 is 3.00 bits per heavy atom. The van der Waals surface area contributed by atoms with Crippen molar-refractivity contribution >= 4 is 11.9 Å². The molecule has 0 aromatic rings. The summed E-state index contributed by atoms with van der Waals surface area (Å²) in [6.45, 7) is 1.42. The van der Waals surface area contributed by atoms with E-state index in [9.17, 15) is 9.59 Å². The first kappa shape index (κ1) is 9.98. The van der Waals surface area contributed by atoms with Gasteiger partial charge in [0.2, 0.25) is 5.91 Å². The molecule has 0 radical (unpaired) electrons. The molecule has 74 valence electrons. The predicted molar refractivity (Wildman–Crippen MR) is 46.1 cm³/mol. The van der Waals surface area contributed by atoms with Gasteiger partial charge in [-0.1, -0.05) is 0 Å². The number of nitrogens with one attached hydrogen (secondary N) is 1. The molecule has 1 rings (SSSR count). The van der Waals surface area contributed by atoms with Crippen molar-refractivity contribution in [3.05, 3.63) is 0 Å². The quantitative estimate of drug-likeness (QED) is 0.561. The highest BCUT2D eigenvalue weighted by Crippen LogP contribution is 2.06. The van der Waals surface area contributed by atoms with Crippen LogP contribution < -0.4 is 5.32 Å². The molecule has 0 aromatic carbocycles. The number of carbonyl (C=O) groups is 2. The average molecular weight is 186 g/mol. The van der Waals surface area contributed by atoms with E-state index in [0.29, 0.717) is 6.54 Å². The van der Waals surface area contributed by atoms with Crippen molar-refractivity contribution in [3.63, 3.8) is 0 Å². The summed E-state index contributed by atoms with van der Waals surface area (Å²) in [5.41, 5.74) is 0. The minimum atomic E-state index is -0.374. The fraction of sp³-hybridized carbons (Fsp3) is 0.750. The van der Waals surface area contributed by atoms with E-state index in [1.807, 2.05) is 11.9 Å². The third-order valence-electron chi connectivity index (χ3n) is 2.19. The second-order valence-electron chi connectivity index (χ2n) is 3.07. The molecule has 13 heavy (non-hydrogen) atoms. The molecule has 1 heterocycles. The summed E-state index contributed by atoms with van der Waals surface area (Å²) in [5, 5.41) is 2.70. The van der Waals surface area contributed by atoms with E-state index < -0.39 is 0 Å². The Kier molecular flexibility index (Phi) is 3.25. The monoisotopic (exact) mass is 186 g/mol. The third kappa shape index (κ3) is 2.42. The first-order valence-corrected chi connectivity index (χ1v) is 4.20. The number of nitrogens with zero attached hydrogens (tertiary/aromatic N) is 1. The molecule has 5 heteroatoms. The van der Waals surface area contributed by atoms with Gasteiger partial charge in [0.05, 0.1) is 19.6 Å². The van der Waals surface area contributed by atoms with Gasteiger partial charge in [0.1, 0.15) is 0 Å². The number of carbonyl (C=O) groups excluding carboxylic acids is 2. The fourth-order valence-electron chi connectivity index (χ4n) is 1.32. The second-order valence-corrected chi connectivity index (χ2v) is 3.07. The van der Waals surface area contributed by atoms with E-state index in [-0.39, 0.29) is 24.3 Å². The van der Waals surface area contributed by atoms with E-state index in [1.54, 1.807) is 0 Å². The molecule has 1 fully saturated rings. The maximum atomic E-state index is 11.3. The van der Waals surface area contributed by atoms with Crippen molar-refractivity contribution in [1.29, 1.82) is 0 Å². The minimum Gasteiger partial charge on any atom is -0.469 e. The molecule has 0 bridgehead atoms. The van der Waals surface area contributed by atoms with Crippen LogP contribution in [0.15, 0.2) is 0 Å². The van der Waals surface area contributed by atoms with Gasteiger partial charge >= 0.3 is 5.97 Å². The molecule has 1 N–H and O–H groups in total. The third-order valence-corrected chi connectivity index (χ3v) is 2.19. The topological polar surface area (TPSA) is 58.6 Å². The molecule has 0 unspecified atom stereocenters. The van der Waals surface area contributed by atoms with Gasteiger partial charge in [-0.15, -0.1) is 0 Å². The highest BCUT2D eigenvalue weighted by Gasteiger charge is 2.29. The lowest BCUT2D eigenvalue weighted by molar-refractivity contribution is -0.145. The number of likely N-dealkylation sites (N-methyl/N-ethyl adjacent to an activating group) is 1. The van der Waals surface area contributed by atoms with Gasteiger partial charge in [0.15, 0.2) is 0 Å². The van der Waals surface area contributed by atoms with Crippen LogP contribution in [0, 0.1) is 0 Å². The number of methoxy groups -OCH3 is 1. The first-order chi connectivity index (χ1) is 6.15. The summed E-state index contributed by atoms with van der Waals surface area (Å²) in [4.78, 5) is 24.1. The molecule has 0 spiro atoms. The lowest BCUT2D eigenvalue weighted by atomic mass is 10.1. The molecule has 1 atom stereocenters. The van der Waals surface area contributed by atoms with Gasteiger partial charge in [0.25, 0.3) is 0 Å². The summed E-state index contributed by atoms with van der Waals surface area (Å²) >= 11 is 0. The number of esters is 1. The molecule has 1 aliphatic rings. The Morgan fingerprint density at radius 2 is 2.46 bits per heavy atom. The van der Waals surface area contributed by atoms with Crippen molar-refractivity contribution in [2.24, 2.45) is 0 Å². The van der Waals surface area contributed by atoms with E-state index in [0.717, 1.165) is 6.54 Å². The molecule has 1 aliphatic heterocycles. The summed E-state index contributed by atoms with van der Waals surface area (Å²) < 4.78 is 4.50. The lowest BCUT2D eigenvalue weighted by Crippen LogP contribution is -2.54. The predicted octanol–water partition coefficient (Wildman–Crippen LogP) is -1.02. The van der Waals surface area contributed by atoms with Gasteiger partial charge in [-0.05, 0) is 7.05 Å². The Morgan fingerprint density at radius 1 is 1.77 bits per heavy atom. The van der Waals surface area contributed by atoms with Crippen LogP contribution in [-0.4, -0.2) is 50.1 Å². The van der Waals surface area contributed by atoms with Crippen LogP contribution in [0.4, 0.5) is 0 Å². The normalized spacial score (nSPS) is 23.8. The van der Waals surface area contributed by atoms with Crippen LogP contribution in [0.2, 0.25) is 0 Å². The van der Waals surface area contributed by atoms with Crippen molar-refractivity contribution in [3.8, 4) is 0 Å².